The third-order valence-electron chi connectivity index (χ3n) is 4.16. The lowest BCUT2D eigenvalue weighted by atomic mass is 9.77. The van der Waals surface area contributed by atoms with E-state index in [1.54, 1.807) is 14.2 Å². The predicted octanol–water partition coefficient (Wildman–Crippen LogP) is 2.31. The third-order valence-corrected chi connectivity index (χ3v) is 4.16. The van der Waals surface area contributed by atoms with Crippen molar-refractivity contribution in [1.82, 2.24) is 0 Å². The van der Waals surface area contributed by atoms with Crippen molar-refractivity contribution in [3.63, 3.8) is 0 Å². The number of methoxy groups -OCH3 is 2. The van der Waals surface area contributed by atoms with E-state index < -0.39 is 7.12 Å². The van der Waals surface area contributed by atoms with Gasteiger partial charge < -0.3 is 18.8 Å². The average Bonchev–Trinajstić information content (AvgIpc) is 2.57. The van der Waals surface area contributed by atoms with Crippen LogP contribution in [-0.4, -0.2) is 32.5 Å². The second-order valence-corrected chi connectivity index (χ2v) is 6.18. The van der Waals surface area contributed by atoms with Crippen molar-refractivity contribution in [2.45, 2.75) is 45.8 Å². The molecule has 0 saturated carbocycles. The topological polar surface area (TPSA) is 36.9 Å². The first-order valence-corrected chi connectivity index (χ1v) is 6.80. The molecule has 1 aliphatic rings. The van der Waals surface area contributed by atoms with Crippen LogP contribution in [0.15, 0.2) is 12.1 Å². The molecule has 1 aromatic carbocycles. The average molecular weight is 278 g/mol. The highest BCUT2D eigenvalue weighted by Crippen LogP contribution is 2.38. The maximum Gasteiger partial charge on any atom is 0.498 e. The van der Waals surface area contributed by atoms with Crippen molar-refractivity contribution >= 4 is 12.6 Å². The summed E-state index contributed by atoms with van der Waals surface area (Å²) in [5.41, 5.74) is 1.19. The van der Waals surface area contributed by atoms with Crippen LogP contribution in [-0.2, 0) is 9.31 Å². The van der Waals surface area contributed by atoms with Gasteiger partial charge in [0.05, 0.1) is 25.4 Å². The van der Waals surface area contributed by atoms with Gasteiger partial charge in [-0.1, -0.05) is 6.07 Å². The molecule has 0 bridgehead atoms. The molecule has 0 atom stereocenters. The van der Waals surface area contributed by atoms with Crippen LogP contribution >= 0.6 is 0 Å². The summed E-state index contributed by atoms with van der Waals surface area (Å²) in [5, 5.41) is 0. The largest absolute Gasteiger partial charge is 0.498 e. The van der Waals surface area contributed by atoms with E-state index in [0.29, 0.717) is 11.5 Å². The molecular formula is C15H23BO4. The van der Waals surface area contributed by atoms with Gasteiger partial charge in [0.15, 0.2) is 11.5 Å². The fourth-order valence-electron chi connectivity index (χ4n) is 2.28. The monoisotopic (exact) mass is 278 g/mol. The lowest BCUT2D eigenvalue weighted by Crippen LogP contribution is -2.41. The number of ether oxygens (including phenoxy) is 2. The smallest absolute Gasteiger partial charge is 0.493 e. The molecule has 5 heteroatoms. The Labute approximate surface area is 121 Å². The standard InChI is InChI=1S/C15H23BO4/c1-10-8-11(13(18-7)12(9-10)17-6)16-19-14(2,3)15(4,5)20-16/h8-9H,1-7H3. The Morgan fingerprint density at radius 2 is 1.50 bits per heavy atom. The molecule has 4 nitrogen and oxygen atoms in total. The molecule has 1 aliphatic heterocycles. The summed E-state index contributed by atoms with van der Waals surface area (Å²) in [4.78, 5) is 0. The zero-order chi connectivity index (χ0) is 15.1. The molecule has 1 aromatic rings. The van der Waals surface area contributed by atoms with Gasteiger partial charge in [-0.25, -0.2) is 0 Å². The summed E-state index contributed by atoms with van der Waals surface area (Å²) < 4.78 is 23.0. The Hall–Kier alpha value is -1.20. The third kappa shape index (κ3) is 2.40. The van der Waals surface area contributed by atoms with Crippen molar-refractivity contribution in [3.05, 3.63) is 17.7 Å². The lowest BCUT2D eigenvalue weighted by Gasteiger charge is -2.32. The summed E-state index contributed by atoms with van der Waals surface area (Å²) in [6, 6.07) is 3.96. The molecule has 1 saturated heterocycles. The van der Waals surface area contributed by atoms with E-state index in [2.05, 4.69) is 0 Å². The molecule has 0 unspecified atom stereocenters. The van der Waals surface area contributed by atoms with E-state index in [1.165, 1.54) is 0 Å². The lowest BCUT2D eigenvalue weighted by molar-refractivity contribution is 0.00578. The summed E-state index contributed by atoms with van der Waals surface area (Å²) in [6.45, 7) is 10.1. The van der Waals surface area contributed by atoms with Gasteiger partial charge in [-0.3, -0.25) is 0 Å². The normalized spacial score (nSPS) is 20.1. The number of aryl methyl sites for hydroxylation is 1. The van der Waals surface area contributed by atoms with Gasteiger partial charge in [0.1, 0.15) is 0 Å². The van der Waals surface area contributed by atoms with Crippen molar-refractivity contribution in [3.8, 4) is 11.5 Å². The van der Waals surface area contributed by atoms with Gasteiger partial charge in [-0.2, -0.15) is 0 Å². The zero-order valence-electron chi connectivity index (χ0n) is 13.4. The van der Waals surface area contributed by atoms with Crippen LogP contribution < -0.4 is 14.9 Å². The molecule has 1 heterocycles. The van der Waals surface area contributed by atoms with Gasteiger partial charge in [0.2, 0.25) is 0 Å². The summed E-state index contributed by atoms with van der Waals surface area (Å²) in [7, 11) is 2.80. The maximum absolute atomic E-state index is 6.09. The SMILES string of the molecule is COc1cc(C)cc(B2OC(C)(C)C(C)(C)O2)c1OC. The maximum atomic E-state index is 6.09. The van der Waals surface area contributed by atoms with Gasteiger partial charge in [-0.15, -0.1) is 0 Å². The van der Waals surface area contributed by atoms with Gasteiger partial charge >= 0.3 is 7.12 Å². The number of hydrogen-bond acceptors (Lipinski definition) is 4. The highest BCUT2D eigenvalue weighted by molar-refractivity contribution is 6.63. The zero-order valence-corrected chi connectivity index (χ0v) is 13.4. The Bertz CT molecular complexity index is 495. The fourth-order valence-corrected chi connectivity index (χ4v) is 2.28. The van der Waals surface area contributed by atoms with Crippen LogP contribution in [0, 0.1) is 6.92 Å². The van der Waals surface area contributed by atoms with Crippen molar-refractivity contribution in [1.29, 1.82) is 0 Å². The first-order chi connectivity index (χ1) is 9.21. The molecule has 1 fully saturated rings. The van der Waals surface area contributed by atoms with Crippen LogP contribution in [0.1, 0.15) is 33.3 Å². The van der Waals surface area contributed by atoms with E-state index in [4.69, 9.17) is 18.8 Å². The van der Waals surface area contributed by atoms with Gasteiger partial charge in [0.25, 0.3) is 0 Å². The first-order valence-electron chi connectivity index (χ1n) is 6.80. The van der Waals surface area contributed by atoms with Gasteiger partial charge in [-0.05, 0) is 46.2 Å². The van der Waals surface area contributed by atoms with E-state index >= 15 is 0 Å². The minimum Gasteiger partial charge on any atom is -0.493 e. The molecule has 0 aromatic heterocycles. The van der Waals surface area contributed by atoms with Crippen molar-refractivity contribution in [2.75, 3.05) is 14.2 Å². The van der Waals surface area contributed by atoms with Crippen LogP contribution in [0.3, 0.4) is 0 Å². The Balaban J connectivity index is 2.47. The molecule has 0 N–H and O–H groups in total. The van der Waals surface area contributed by atoms with Gasteiger partial charge in [0, 0.05) is 5.46 Å². The first kappa shape index (κ1) is 15.2. The molecular weight excluding hydrogens is 255 g/mol. The van der Waals surface area contributed by atoms with Crippen LogP contribution in [0.4, 0.5) is 0 Å². The van der Waals surface area contributed by atoms with Crippen molar-refractivity contribution < 1.29 is 18.8 Å². The van der Waals surface area contributed by atoms with E-state index in [-0.39, 0.29) is 11.2 Å². The highest BCUT2D eigenvalue weighted by atomic mass is 16.7. The Kier molecular flexibility index (Phi) is 3.78. The molecule has 0 aliphatic carbocycles. The number of benzene rings is 1. The molecule has 20 heavy (non-hydrogen) atoms. The Morgan fingerprint density at radius 3 is 1.95 bits per heavy atom. The van der Waals surface area contributed by atoms with E-state index in [1.807, 2.05) is 46.8 Å². The van der Waals surface area contributed by atoms with Crippen LogP contribution in [0.2, 0.25) is 0 Å². The second kappa shape index (κ2) is 4.97. The predicted molar refractivity (Wildman–Crippen MR) is 80.0 cm³/mol. The minimum absolute atomic E-state index is 0.375. The molecule has 0 amide bonds. The molecule has 0 spiro atoms. The highest BCUT2D eigenvalue weighted by Gasteiger charge is 2.52. The van der Waals surface area contributed by atoms with Crippen molar-refractivity contribution in [2.24, 2.45) is 0 Å². The quantitative estimate of drug-likeness (QED) is 0.795. The van der Waals surface area contributed by atoms with E-state index in [9.17, 15) is 0 Å². The van der Waals surface area contributed by atoms with E-state index in [0.717, 1.165) is 11.0 Å². The summed E-state index contributed by atoms with van der Waals surface area (Å²) in [6.07, 6.45) is 0. The molecule has 0 radical (unpaired) electrons. The summed E-state index contributed by atoms with van der Waals surface area (Å²) >= 11 is 0. The minimum atomic E-state index is -0.455. The molecule has 110 valence electrons. The molecule has 2 rings (SSSR count). The van der Waals surface area contributed by atoms with Crippen LogP contribution in [0.25, 0.3) is 0 Å². The number of hydrogen-bond donors (Lipinski definition) is 0. The summed E-state index contributed by atoms with van der Waals surface area (Å²) in [5.74, 6) is 1.36. The number of rotatable bonds is 3. The fraction of sp³-hybridized carbons (Fsp3) is 0.600. The second-order valence-electron chi connectivity index (χ2n) is 6.18. The Morgan fingerprint density at radius 1 is 0.950 bits per heavy atom. The van der Waals surface area contributed by atoms with Crippen LogP contribution in [0.5, 0.6) is 11.5 Å².